The third-order valence-corrected chi connectivity index (χ3v) is 3.18. The summed E-state index contributed by atoms with van der Waals surface area (Å²) in [5.74, 6) is 0.282. The van der Waals surface area contributed by atoms with Gasteiger partial charge in [-0.15, -0.1) is 0 Å². The van der Waals surface area contributed by atoms with E-state index in [9.17, 15) is 20.2 Å². The highest BCUT2D eigenvalue weighted by molar-refractivity contribution is 5.65. The Balaban J connectivity index is 2.10. The first-order valence-corrected chi connectivity index (χ1v) is 5.82. The molecule has 1 aromatic rings. The summed E-state index contributed by atoms with van der Waals surface area (Å²) >= 11 is 0. The van der Waals surface area contributed by atoms with E-state index in [1.165, 1.54) is 12.1 Å². The number of nitrogens with one attached hydrogen (secondary N) is 1. The Morgan fingerprint density at radius 3 is 2.47 bits per heavy atom. The van der Waals surface area contributed by atoms with E-state index in [1.807, 2.05) is 0 Å². The van der Waals surface area contributed by atoms with Crippen molar-refractivity contribution in [1.82, 2.24) is 0 Å². The van der Waals surface area contributed by atoms with E-state index in [1.54, 1.807) is 0 Å². The first-order valence-electron chi connectivity index (χ1n) is 5.82. The third kappa shape index (κ3) is 2.97. The molecule has 2 rings (SSSR count). The van der Waals surface area contributed by atoms with Gasteiger partial charge in [0.05, 0.1) is 22.0 Å². The molecule has 0 spiro atoms. The average Bonchev–Trinajstić information content (AvgIpc) is 2.32. The van der Waals surface area contributed by atoms with E-state index < -0.39 is 9.85 Å². The van der Waals surface area contributed by atoms with Crippen molar-refractivity contribution in [2.24, 2.45) is 5.92 Å². The molecule has 0 aromatic heterocycles. The van der Waals surface area contributed by atoms with Gasteiger partial charge in [0.15, 0.2) is 0 Å². The lowest BCUT2D eigenvalue weighted by Gasteiger charge is -2.31. The fourth-order valence-corrected chi connectivity index (χ4v) is 2.06. The molecule has 0 saturated heterocycles. The lowest BCUT2D eigenvalue weighted by Crippen LogP contribution is -2.33. The Kier molecular flexibility index (Phi) is 3.61. The number of hydrogen-bond acceptors (Lipinski definition) is 6. The number of rotatable bonds is 5. The van der Waals surface area contributed by atoms with Crippen molar-refractivity contribution in [3.8, 4) is 0 Å². The topological polar surface area (TPSA) is 119 Å². The van der Waals surface area contributed by atoms with Gasteiger partial charge in [-0.1, -0.05) is 0 Å². The molecule has 1 aliphatic rings. The maximum atomic E-state index is 10.9. The molecule has 8 nitrogen and oxygen atoms in total. The Labute approximate surface area is 108 Å². The molecule has 0 atom stereocenters. The highest BCUT2D eigenvalue weighted by atomic mass is 16.6. The van der Waals surface area contributed by atoms with E-state index in [-0.39, 0.29) is 29.1 Å². The number of nitro benzene ring substituents is 2. The quantitative estimate of drug-likeness (QED) is 0.618. The number of hydrogen-bond donors (Lipinski definition) is 2. The Hall–Kier alpha value is -2.22. The highest BCUT2D eigenvalue weighted by Gasteiger charge is 2.27. The number of nitro groups is 2. The van der Waals surface area contributed by atoms with Crippen molar-refractivity contribution in [3.05, 3.63) is 38.4 Å². The SMILES string of the molecule is O=[N+]([O-])c1ccc(NCC2CC(O)C2)c([N+](=O)[O-])c1. The number of aliphatic hydroxyl groups is 1. The van der Waals surface area contributed by atoms with Gasteiger partial charge in [-0.3, -0.25) is 20.2 Å². The third-order valence-electron chi connectivity index (χ3n) is 3.18. The molecule has 1 aliphatic carbocycles. The maximum Gasteiger partial charge on any atom is 0.299 e. The van der Waals surface area contributed by atoms with Crippen molar-refractivity contribution in [2.75, 3.05) is 11.9 Å². The second-order valence-electron chi connectivity index (χ2n) is 4.59. The predicted octanol–water partition coefficient (Wildman–Crippen LogP) is 1.69. The van der Waals surface area contributed by atoms with Gasteiger partial charge >= 0.3 is 0 Å². The van der Waals surface area contributed by atoms with Crippen LogP contribution >= 0.6 is 0 Å². The summed E-state index contributed by atoms with van der Waals surface area (Å²) in [4.78, 5) is 20.1. The smallest absolute Gasteiger partial charge is 0.299 e. The molecule has 0 unspecified atom stereocenters. The second kappa shape index (κ2) is 5.19. The van der Waals surface area contributed by atoms with Crippen LogP contribution in [0.2, 0.25) is 0 Å². The number of anilines is 1. The summed E-state index contributed by atoms with van der Waals surface area (Å²) in [6, 6.07) is 3.51. The molecule has 102 valence electrons. The van der Waals surface area contributed by atoms with Crippen LogP contribution in [-0.2, 0) is 0 Å². The molecule has 1 saturated carbocycles. The van der Waals surface area contributed by atoms with Crippen LogP contribution in [0.3, 0.4) is 0 Å². The van der Waals surface area contributed by atoms with E-state index in [0.717, 1.165) is 6.07 Å². The minimum Gasteiger partial charge on any atom is -0.393 e. The molecule has 0 aliphatic heterocycles. The van der Waals surface area contributed by atoms with E-state index >= 15 is 0 Å². The lowest BCUT2D eigenvalue weighted by atomic mass is 9.82. The average molecular weight is 267 g/mol. The Morgan fingerprint density at radius 2 is 1.95 bits per heavy atom. The van der Waals surface area contributed by atoms with Gasteiger partial charge in [-0.2, -0.15) is 0 Å². The van der Waals surface area contributed by atoms with Gasteiger partial charge in [0, 0.05) is 12.6 Å². The normalized spacial score (nSPS) is 21.5. The van der Waals surface area contributed by atoms with Crippen LogP contribution in [-0.4, -0.2) is 27.6 Å². The van der Waals surface area contributed by atoms with Crippen LogP contribution < -0.4 is 5.32 Å². The zero-order valence-corrected chi connectivity index (χ0v) is 9.98. The fraction of sp³-hybridized carbons (Fsp3) is 0.455. The highest BCUT2D eigenvalue weighted by Crippen LogP contribution is 2.31. The predicted molar refractivity (Wildman–Crippen MR) is 67.0 cm³/mol. The Morgan fingerprint density at radius 1 is 1.26 bits per heavy atom. The zero-order valence-electron chi connectivity index (χ0n) is 9.98. The number of aliphatic hydroxyl groups excluding tert-OH is 1. The van der Waals surface area contributed by atoms with Crippen molar-refractivity contribution in [2.45, 2.75) is 18.9 Å². The van der Waals surface area contributed by atoms with Crippen molar-refractivity contribution in [3.63, 3.8) is 0 Å². The van der Waals surface area contributed by atoms with Crippen molar-refractivity contribution >= 4 is 17.1 Å². The minimum atomic E-state index is -0.668. The monoisotopic (exact) mass is 267 g/mol. The van der Waals surface area contributed by atoms with Crippen molar-refractivity contribution < 1.29 is 15.0 Å². The molecular formula is C11H13N3O5. The van der Waals surface area contributed by atoms with Gasteiger partial charge in [0.2, 0.25) is 0 Å². The van der Waals surface area contributed by atoms with E-state index in [4.69, 9.17) is 5.11 Å². The molecule has 0 amide bonds. The van der Waals surface area contributed by atoms with Crippen LogP contribution in [0.15, 0.2) is 18.2 Å². The van der Waals surface area contributed by atoms with Crippen LogP contribution in [0.4, 0.5) is 17.1 Å². The number of non-ortho nitro benzene ring substituents is 1. The molecule has 8 heteroatoms. The first kappa shape index (κ1) is 13.2. The number of benzene rings is 1. The first-order chi connectivity index (χ1) is 8.97. The summed E-state index contributed by atoms with van der Waals surface area (Å²) in [6.45, 7) is 0.510. The Bertz CT molecular complexity index is 513. The summed E-state index contributed by atoms with van der Waals surface area (Å²) in [5, 5.41) is 33.5. The molecule has 1 fully saturated rings. The minimum absolute atomic E-state index is 0.261. The zero-order chi connectivity index (χ0) is 14.0. The maximum absolute atomic E-state index is 10.9. The van der Waals surface area contributed by atoms with Crippen LogP contribution in [0.1, 0.15) is 12.8 Å². The number of nitrogens with zero attached hydrogens (tertiary/aromatic N) is 2. The molecule has 1 aromatic carbocycles. The lowest BCUT2D eigenvalue weighted by molar-refractivity contribution is -0.393. The van der Waals surface area contributed by atoms with Crippen LogP contribution in [0, 0.1) is 26.1 Å². The largest absolute Gasteiger partial charge is 0.393 e. The molecule has 19 heavy (non-hydrogen) atoms. The van der Waals surface area contributed by atoms with Gasteiger partial charge in [0.25, 0.3) is 11.4 Å². The van der Waals surface area contributed by atoms with Crippen molar-refractivity contribution in [1.29, 1.82) is 0 Å². The second-order valence-corrected chi connectivity index (χ2v) is 4.59. The van der Waals surface area contributed by atoms with Gasteiger partial charge < -0.3 is 10.4 Å². The molecule has 2 N–H and O–H groups in total. The van der Waals surface area contributed by atoms with E-state index in [0.29, 0.717) is 19.4 Å². The molecule has 0 bridgehead atoms. The summed E-state index contributed by atoms with van der Waals surface area (Å²) in [6.07, 6.45) is 1.07. The standard InChI is InChI=1S/C11H13N3O5/c15-9-3-7(4-9)6-12-10-2-1-8(13(16)17)5-11(10)14(18)19/h1-2,5,7,9,12,15H,3-4,6H2. The fourth-order valence-electron chi connectivity index (χ4n) is 2.06. The molecule has 0 heterocycles. The molecular weight excluding hydrogens is 254 g/mol. The van der Waals surface area contributed by atoms with E-state index in [2.05, 4.69) is 5.32 Å². The molecule has 0 radical (unpaired) electrons. The summed E-state index contributed by atoms with van der Waals surface area (Å²) < 4.78 is 0. The van der Waals surface area contributed by atoms with Crippen LogP contribution in [0.5, 0.6) is 0 Å². The van der Waals surface area contributed by atoms with Gasteiger partial charge in [0.1, 0.15) is 5.69 Å². The van der Waals surface area contributed by atoms with Crippen LogP contribution in [0.25, 0.3) is 0 Å². The van der Waals surface area contributed by atoms with Gasteiger partial charge in [-0.25, -0.2) is 0 Å². The van der Waals surface area contributed by atoms with Gasteiger partial charge in [-0.05, 0) is 24.8 Å². The summed E-state index contributed by atoms with van der Waals surface area (Å²) in [5.41, 5.74) is -0.359. The summed E-state index contributed by atoms with van der Waals surface area (Å²) in [7, 11) is 0.